The van der Waals surface area contributed by atoms with Crippen LogP contribution in [0.3, 0.4) is 0 Å². The molecule has 0 saturated heterocycles. The van der Waals surface area contributed by atoms with Gasteiger partial charge in [0.15, 0.2) is 0 Å². The maximum Gasteiger partial charge on any atom is 0.270 e. The molecule has 0 fully saturated rings. The molecular weight excluding hydrogens is 373 g/mol. The van der Waals surface area contributed by atoms with Crippen LogP contribution in [0, 0.1) is 24.4 Å². The van der Waals surface area contributed by atoms with Crippen LogP contribution < -0.4 is 4.90 Å². The van der Waals surface area contributed by atoms with Gasteiger partial charge in [-0.2, -0.15) is 0 Å². The lowest BCUT2D eigenvalue weighted by Gasteiger charge is -2.16. The Morgan fingerprint density at radius 2 is 1.89 bits per heavy atom. The summed E-state index contributed by atoms with van der Waals surface area (Å²) in [5.41, 5.74) is 2.11. The molecule has 4 rings (SSSR count). The molecule has 1 aromatic heterocycles. The monoisotopic (exact) mass is 388 g/mol. The number of hydrogen-bond donors (Lipinski definition) is 0. The topological polar surface area (TPSA) is 33.2 Å². The summed E-state index contributed by atoms with van der Waals surface area (Å²) < 4.78 is 40.6. The number of aryl methyl sites for hydroxylation is 1. The van der Waals surface area contributed by atoms with Crippen LogP contribution in [0.2, 0.25) is 0 Å². The molecule has 1 amide bonds. The van der Waals surface area contributed by atoms with Gasteiger partial charge in [0, 0.05) is 24.6 Å². The second-order valence-corrected chi connectivity index (χ2v) is 7.50. The summed E-state index contributed by atoms with van der Waals surface area (Å²) in [4.78, 5) is 19.3. The third-order valence-corrected chi connectivity index (χ3v) is 5.71. The zero-order valence-corrected chi connectivity index (χ0v) is 15.2. The van der Waals surface area contributed by atoms with Crippen molar-refractivity contribution in [2.75, 3.05) is 11.4 Å². The molecule has 0 spiro atoms. The van der Waals surface area contributed by atoms with Gasteiger partial charge in [-0.15, -0.1) is 11.3 Å². The number of aromatic nitrogens is 1. The van der Waals surface area contributed by atoms with Gasteiger partial charge in [0.05, 0.1) is 16.4 Å². The molecule has 1 aliphatic heterocycles. The van der Waals surface area contributed by atoms with Crippen LogP contribution in [0.15, 0.2) is 36.4 Å². The van der Waals surface area contributed by atoms with E-state index in [1.807, 2.05) is 0 Å². The van der Waals surface area contributed by atoms with Crippen LogP contribution in [0.1, 0.15) is 31.5 Å². The first-order valence-corrected chi connectivity index (χ1v) is 9.24. The van der Waals surface area contributed by atoms with E-state index in [1.165, 1.54) is 34.4 Å². The Bertz CT molecular complexity index is 1030. The summed E-state index contributed by atoms with van der Waals surface area (Å²) in [6.07, 6.45) is 0.840. The number of fused-ring (bicyclic) bond motifs is 1. The second kappa shape index (κ2) is 6.81. The van der Waals surface area contributed by atoms with Crippen LogP contribution in [0.25, 0.3) is 0 Å². The first-order chi connectivity index (χ1) is 12.9. The highest BCUT2D eigenvalue weighted by Gasteiger charge is 2.30. The molecule has 0 radical (unpaired) electrons. The Balaban J connectivity index is 1.61. The Labute approximate surface area is 158 Å². The highest BCUT2D eigenvalue weighted by atomic mass is 32.1. The number of nitrogens with zero attached hydrogens (tertiary/aromatic N) is 2. The highest BCUT2D eigenvalue weighted by molar-refractivity contribution is 7.14. The fourth-order valence-corrected chi connectivity index (χ4v) is 4.31. The number of amides is 1. The molecule has 0 atom stereocenters. The van der Waals surface area contributed by atoms with Crippen LogP contribution in [-0.2, 0) is 12.8 Å². The number of carbonyl (C=O) groups excluding carboxylic acids is 1. The van der Waals surface area contributed by atoms with Crippen LogP contribution in [-0.4, -0.2) is 17.4 Å². The van der Waals surface area contributed by atoms with Gasteiger partial charge >= 0.3 is 0 Å². The number of hydrogen-bond acceptors (Lipinski definition) is 3. The minimum atomic E-state index is -0.705. The average molecular weight is 388 g/mol. The number of halogens is 3. The van der Waals surface area contributed by atoms with Crippen LogP contribution in [0.5, 0.6) is 0 Å². The van der Waals surface area contributed by atoms with Gasteiger partial charge in [-0.05, 0) is 37.1 Å². The maximum absolute atomic E-state index is 13.9. The fraction of sp³-hybridized carbons (Fsp3) is 0.200. The average Bonchev–Trinajstić information content (AvgIpc) is 3.20. The molecule has 0 N–H and O–H groups in total. The summed E-state index contributed by atoms with van der Waals surface area (Å²) in [7, 11) is 0. The van der Waals surface area contributed by atoms with Crippen molar-refractivity contribution in [3.05, 3.63) is 80.6 Å². The lowest BCUT2D eigenvalue weighted by Crippen LogP contribution is -2.28. The third kappa shape index (κ3) is 3.35. The molecule has 3 nitrogen and oxygen atoms in total. The molecular formula is C20H15F3N2OS. The molecule has 2 heterocycles. The summed E-state index contributed by atoms with van der Waals surface area (Å²) in [6.45, 7) is 2.04. The maximum atomic E-state index is 13.9. The predicted octanol–water partition coefficient (Wildman–Crippen LogP) is 4.66. The van der Waals surface area contributed by atoms with Gasteiger partial charge in [0.2, 0.25) is 0 Å². The SMILES string of the molecule is Cc1nc(Cc2ccc(F)cc2)sc1C(=O)N1CCc2c(F)cc(F)cc21. The summed E-state index contributed by atoms with van der Waals surface area (Å²) in [6, 6.07) is 8.15. The molecule has 27 heavy (non-hydrogen) atoms. The summed E-state index contributed by atoms with van der Waals surface area (Å²) in [5, 5.41) is 0.729. The van der Waals surface area contributed by atoms with E-state index in [0.717, 1.165) is 16.6 Å². The molecule has 1 aliphatic rings. The molecule has 0 saturated carbocycles. The lowest BCUT2D eigenvalue weighted by atomic mass is 10.1. The Morgan fingerprint density at radius 1 is 1.15 bits per heavy atom. The van der Waals surface area contributed by atoms with E-state index in [0.29, 0.717) is 35.5 Å². The summed E-state index contributed by atoms with van der Waals surface area (Å²) >= 11 is 1.25. The van der Waals surface area contributed by atoms with E-state index in [4.69, 9.17) is 0 Å². The zero-order chi connectivity index (χ0) is 19.1. The normalized spacial score (nSPS) is 13.1. The minimum absolute atomic E-state index is 0.283. The molecule has 138 valence electrons. The lowest BCUT2D eigenvalue weighted by molar-refractivity contribution is 0.0992. The molecule has 3 aromatic rings. The Morgan fingerprint density at radius 3 is 2.63 bits per heavy atom. The van der Waals surface area contributed by atoms with Crippen molar-refractivity contribution in [1.82, 2.24) is 4.98 Å². The molecule has 0 unspecified atom stereocenters. The van der Waals surface area contributed by atoms with Gasteiger partial charge in [-0.25, -0.2) is 18.2 Å². The van der Waals surface area contributed by atoms with E-state index in [2.05, 4.69) is 4.98 Å². The van der Waals surface area contributed by atoms with Crippen molar-refractivity contribution in [3.63, 3.8) is 0 Å². The van der Waals surface area contributed by atoms with Gasteiger partial charge in [-0.1, -0.05) is 12.1 Å². The number of rotatable bonds is 3. The summed E-state index contributed by atoms with van der Waals surface area (Å²) in [5.74, 6) is -1.95. The molecule has 7 heteroatoms. The van der Waals surface area contributed by atoms with Crippen LogP contribution in [0.4, 0.5) is 18.9 Å². The number of anilines is 1. The fourth-order valence-electron chi connectivity index (χ4n) is 3.26. The van der Waals surface area contributed by atoms with E-state index >= 15 is 0 Å². The standard InChI is InChI=1S/C20H15F3N2OS/c1-11-19(27-18(24-11)8-12-2-4-13(21)5-3-12)20(26)25-7-6-15-16(23)9-14(22)10-17(15)25/h2-5,9-10H,6-8H2,1H3. The number of benzene rings is 2. The van der Waals surface area contributed by atoms with E-state index in [9.17, 15) is 18.0 Å². The largest absolute Gasteiger partial charge is 0.307 e. The Kier molecular flexibility index (Phi) is 4.47. The molecule has 0 bridgehead atoms. The second-order valence-electron chi connectivity index (χ2n) is 6.42. The van der Waals surface area contributed by atoms with Crippen LogP contribution >= 0.6 is 11.3 Å². The van der Waals surface area contributed by atoms with Crippen molar-refractivity contribution in [2.45, 2.75) is 19.8 Å². The first-order valence-electron chi connectivity index (χ1n) is 8.43. The van der Waals surface area contributed by atoms with Crippen molar-refractivity contribution < 1.29 is 18.0 Å². The smallest absolute Gasteiger partial charge is 0.270 e. The van der Waals surface area contributed by atoms with E-state index in [-0.39, 0.29) is 17.4 Å². The zero-order valence-electron chi connectivity index (χ0n) is 14.4. The van der Waals surface area contributed by atoms with Crippen molar-refractivity contribution in [1.29, 1.82) is 0 Å². The predicted molar refractivity (Wildman–Crippen MR) is 97.8 cm³/mol. The highest BCUT2D eigenvalue weighted by Crippen LogP contribution is 2.34. The van der Waals surface area contributed by atoms with E-state index in [1.54, 1.807) is 19.1 Å². The number of carbonyl (C=O) groups is 1. The van der Waals surface area contributed by atoms with Gasteiger partial charge in [0.1, 0.15) is 22.3 Å². The van der Waals surface area contributed by atoms with E-state index < -0.39 is 11.6 Å². The van der Waals surface area contributed by atoms with Crippen molar-refractivity contribution >= 4 is 22.9 Å². The first kappa shape index (κ1) is 17.7. The molecule has 0 aliphatic carbocycles. The molecule has 2 aromatic carbocycles. The van der Waals surface area contributed by atoms with Crippen molar-refractivity contribution in [3.8, 4) is 0 Å². The van der Waals surface area contributed by atoms with Gasteiger partial charge in [0.25, 0.3) is 5.91 Å². The quantitative estimate of drug-likeness (QED) is 0.654. The van der Waals surface area contributed by atoms with Gasteiger partial charge in [-0.3, -0.25) is 4.79 Å². The van der Waals surface area contributed by atoms with Gasteiger partial charge < -0.3 is 4.90 Å². The number of thiazole rings is 1. The Hall–Kier alpha value is -2.67. The van der Waals surface area contributed by atoms with Crippen molar-refractivity contribution in [2.24, 2.45) is 0 Å². The minimum Gasteiger partial charge on any atom is -0.307 e. The third-order valence-electron chi connectivity index (χ3n) is 4.56.